The number of rotatable bonds is 5. The molecule has 6 nitrogen and oxygen atoms in total. The molecule has 0 spiro atoms. The number of phenolic OH excluding ortho intramolecular Hbond substituents is 1. The van der Waals surface area contributed by atoms with E-state index in [2.05, 4.69) is 15.5 Å². The van der Waals surface area contributed by atoms with Crippen molar-refractivity contribution in [3.8, 4) is 5.75 Å². The number of nitrogens with one attached hydrogen (secondary N) is 1. The SMILES string of the molecule is C/C(=N\NC(=O)CSc1nc2ccccc2o1)c1ccccc1O. The minimum absolute atomic E-state index is 0.119. The predicted molar refractivity (Wildman–Crippen MR) is 93.2 cm³/mol. The maximum Gasteiger partial charge on any atom is 0.257 e. The van der Waals surface area contributed by atoms with Crippen LogP contribution in [0, 0.1) is 0 Å². The van der Waals surface area contributed by atoms with Gasteiger partial charge in [-0.3, -0.25) is 4.79 Å². The monoisotopic (exact) mass is 341 g/mol. The second-order valence-corrected chi connectivity index (χ2v) is 5.91. The minimum atomic E-state index is -0.281. The van der Waals surface area contributed by atoms with Crippen LogP contribution in [0.3, 0.4) is 0 Å². The maximum absolute atomic E-state index is 11.9. The van der Waals surface area contributed by atoms with Crippen LogP contribution in [0.5, 0.6) is 5.75 Å². The van der Waals surface area contributed by atoms with Crippen LogP contribution in [0.1, 0.15) is 12.5 Å². The minimum Gasteiger partial charge on any atom is -0.507 e. The van der Waals surface area contributed by atoms with Gasteiger partial charge in [0.2, 0.25) is 0 Å². The van der Waals surface area contributed by atoms with E-state index >= 15 is 0 Å². The van der Waals surface area contributed by atoms with Crippen molar-refractivity contribution in [3.63, 3.8) is 0 Å². The summed E-state index contributed by atoms with van der Waals surface area (Å²) >= 11 is 1.20. The average molecular weight is 341 g/mol. The van der Waals surface area contributed by atoms with Crippen molar-refractivity contribution in [3.05, 3.63) is 54.1 Å². The molecule has 0 saturated carbocycles. The topological polar surface area (TPSA) is 87.7 Å². The number of thioether (sulfide) groups is 1. The van der Waals surface area contributed by atoms with Gasteiger partial charge in [0.05, 0.1) is 11.5 Å². The number of phenols is 1. The van der Waals surface area contributed by atoms with E-state index in [0.29, 0.717) is 22.1 Å². The zero-order valence-electron chi connectivity index (χ0n) is 12.9. The lowest BCUT2D eigenvalue weighted by Crippen LogP contribution is -2.21. The number of fused-ring (bicyclic) bond motifs is 1. The van der Waals surface area contributed by atoms with E-state index in [9.17, 15) is 9.90 Å². The third-order valence-electron chi connectivity index (χ3n) is 3.24. The van der Waals surface area contributed by atoms with Gasteiger partial charge in [-0.15, -0.1) is 0 Å². The largest absolute Gasteiger partial charge is 0.507 e. The van der Waals surface area contributed by atoms with E-state index in [1.54, 1.807) is 31.2 Å². The first-order chi connectivity index (χ1) is 11.6. The van der Waals surface area contributed by atoms with Gasteiger partial charge < -0.3 is 9.52 Å². The molecular weight excluding hydrogens is 326 g/mol. The number of carbonyl (C=O) groups excluding carboxylic acids is 1. The van der Waals surface area contributed by atoms with Crippen molar-refractivity contribution in [2.24, 2.45) is 5.10 Å². The first-order valence-corrected chi connectivity index (χ1v) is 8.22. The van der Waals surface area contributed by atoms with Crippen LogP contribution in [0.25, 0.3) is 11.1 Å². The van der Waals surface area contributed by atoms with Gasteiger partial charge in [-0.1, -0.05) is 36.0 Å². The van der Waals surface area contributed by atoms with Gasteiger partial charge in [0, 0.05) is 5.56 Å². The molecule has 1 aromatic heterocycles. The standard InChI is InChI=1S/C17H15N3O3S/c1-11(12-6-2-4-8-14(12)21)19-20-16(22)10-24-17-18-13-7-3-5-9-15(13)23-17/h2-9,21H,10H2,1H3,(H,20,22)/b19-11+. The zero-order valence-corrected chi connectivity index (χ0v) is 13.7. The third-order valence-corrected chi connectivity index (χ3v) is 4.07. The van der Waals surface area contributed by atoms with Crippen LogP contribution in [0.2, 0.25) is 0 Å². The normalized spacial score (nSPS) is 11.6. The number of para-hydroxylation sites is 3. The fraction of sp³-hybridized carbons (Fsp3) is 0.118. The van der Waals surface area contributed by atoms with Gasteiger partial charge in [-0.25, -0.2) is 10.4 Å². The summed E-state index contributed by atoms with van der Waals surface area (Å²) in [7, 11) is 0. The van der Waals surface area contributed by atoms with Gasteiger partial charge in [0.25, 0.3) is 11.1 Å². The van der Waals surface area contributed by atoms with Crippen molar-refractivity contribution < 1.29 is 14.3 Å². The summed E-state index contributed by atoms with van der Waals surface area (Å²) in [6, 6.07) is 14.2. The smallest absolute Gasteiger partial charge is 0.257 e. The fourth-order valence-corrected chi connectivity index (χ4v) is 2.69. The van der Waals surface area contributed by atoms with E-state index in [-0.39, 0.29) is 17.4 Å². The molecule has 0 bridgehead atoms. The van der Waals surface area contributed by atoms with E-state index in [0.717, 1.165) is 5.52 Å². The Bertz CT molecular complexity index is 872. The second-order valence-electron chi connectivity index (χ2n) is 4.99. The summed E-state index contributed by atoms with van der Waals surface area (Å²) < 4.78 is 5.53. The average Bonchev–Trinajstić information content (AvgIpc) is 3.01. The second kappa shape index (κ2) is 7.18. The summed E-state index contributed by atoms with van der Waals surface area (Å²) in [6.07, 6.45) is 0. The van der Waals surface area contributed by atoms with Crippen LogP contribution in [0.15, 0.2) is 63.3 Å². The van der Waals surface area contributed by atoms with Crippen LogP contribution >= 0.6 is 11.8 Å². The highest BCUT2D eigenvalue weighted by Crippen LogP contribution is 2.22. The molecule has 0 atom stereocenters. The van der Waals surface area contributed by atoms with Crippen LogP contribution in [-0.2, 0) is 4.79 Å². The molecule has 2 N–H and O–H groups in total. The lowest BCUT2D eigenvalue weighted by Gasteiger charge is -2.04. The molecule has 0 unspecified atom stereocenters. The number of hydrogen-bond donors (Lipinski definition) is 2. The van der Waals surface area contributed by atoms with E-state index in [1.165, 1.54) is 11.8 Å². The van der Waals surface area contributed by atoms with Crippen molar-refractivity contribution in [1.29, 1.82) is 0 Å². The maximum atomic E-state index is 11.9. The van der Waals surface area contributed by atoms with Gasteiger partial charge >= 0.3 is 0 Å². The van der Waals surface area contributed by atoms with Crippen LogP contribution in [-0.4, -0.2) is 27.5 Å². The van der Waals surface area contributed by atoms with Crippen molar-refractivity contribution in [2.75, 3.05) is 5.75 Å². The van der Waals surface area contributed by atoms with Crippen molar-refractivity contribution in [2.45, 2.75) is 12.1 Å². The number of aromatic nitrogens is 1. The third kappa shape index (κ3) is 3.75. The highest BCUT2D eigenvalue weighted by atomic mass is 32.2. The Morgan fingerprint density at radius 3 is 2.79 bits per heavy atom. The number of hydrogen-bond acceptors (Lipinski definition) is 6. The first-order valence-electron chi connectivity index (χ1n) is 7.23. The van der Waals surface area contributed by atoms with Crippen molar-refractivity contribution >= 4 is 34.5 Å². The molecule has 24 heavy (non-hydrogen) atoms. The van der Waals surface area contributed by atoms with E-state index < -0.39 is 0 Å². The van der Waals surface area contributed by atoms with Crippen molar-refractivity contribution in [1.82, 2.24) is 10.4 Å². The Balaban J connectivity index is 1.57. The molecule has 0 aliphatic rings. The number of carbonyl (C=O) groups is 1. The van der Waals surface area contributed by atoms with Gasteiger partial charge in [0.1, 0.15) is 11.3 Å². The Morgan fingerprint density at radius 1 is 1.25 bits per heavy atom. The Kier molecular flexibility index (Phi) is 4.81. The number of hydrazone groups is 1. The molecule has 1 amide bonds. The highest BCUT2D eigenvalue weighted by molar-refractivity contribution is 7.99. The quantitative estimate of drug-likeness (QED) is 0.423. The number of benzene rings is 2. The van der Waals surface area contributed by atoms with Crippen LogP contribution < -0.4 is 5.43 Å². The Morgan fingerprint density at radius 2 is 2.00 bits per heavy atom. The fourth-order valence-electron chi connectivity index (χ4n) is 2.06. The first kappa shape index (κ1) is 16.1. The summed E-state index contributed by atoms with van der Waals surface area (Å²) in [5.41, 5.74) is 5.00. The predicted octanol–water partition coefficient (Wildman–Crippen LogP) is 3.17. The molecule has 7 heteroatoms. The molecule has 0 saturated heterocycles. The lowest BCUT2D eigenvalue weighted by molar-refractivity contribution is -0.118. The molecule has 0 radical (unpaired) electrons. The van der Waals surface area contributed by atoms with E-state index in [1.807, 2.05) is 24.3 Å². The Hall–Kier alpha value is -2.80. The highest BCUT2D eigenvalue weighted by Gasteiger charge is 2.09. The number of oxazole rings is 1. The summed E-state index contributed by atoms with van der Waals surface area (Å²) in [5.74, 6) is -0.0319. The Labute approximate surface area is 142 Å². The number of nitrogens with zero attached hydrogens (tertiary/aromatic N) is 2. The molecule has 2 aromatic carbocycles. The molecular formula is C17H15N3O3S. The molecule has 0 aliphatic carbocycles. The molecule has 1 heterocycles. The summed E-state index contributed by atoms with van der Waals surface area (Å²) in [4.78, 5) is 16.2. The van der Waals surface area contributed by atoms with Gasteiger partial charge in [-0.05, 0) is 31.2 Å². The van der Waals surface area contributed by atoms with Gasteiger partial charge in [0.15, 0.2) is 5.58 Å². The van der Waals surface area contributed by atoms with Crippen LogP contribution in [0.4, 0.5) is 0 Å². The molecule has 3 rings (SSSR count). The molecule has 3 aromatic rings. The summed E-state index contributed by atoms with van der Waals surface area (Å²) in [5, 5.41) is 14.2. The molecule has 0 fully saturated rings. The molecule has 122 valence electrons. The lowest BCUT2D eigenvalue weighted by atomic mass is 10.1. The number of aromatic hydroxyl groups is 1. The molecule has 0 aliphatic heterocycles. The number of amides is 1. The van der Waals surface area contributed by atoms with Gasteiger partial charge in [-0.2, -0.15) is 5.10 Å². The zero-order chi connectivity index (χ0) is 16.9. The summed E-state index contributed by atoms with van der Waals surface area (Å²) in [6.45, 7) is 1.71. The van der Waals surface area contributed by atoms with E-state index in [4.69, 9.17) is 4.42 Å².